The van der Waals surface area contributed by atoms with Gasteiger partial charge in [0.1, 0.15) is 11.6 Å². The number of rotatable bonds is 4. The molecule has 1 aliphatic rings. The standard InChI is InChI=1S/C12H23N5/c1-9-14-15-12(17(9)3)8-16(2)11-6-4-5-10(11)7-13/h10-11H,4-8,13H2,1-3H3. The Morgan fingerprint density at radius 1 is 1.41 bits per heavy atom. The van der Waals surface area contributed by atoms with E-state index < -0.39 is 0 Å². The van der Waals surface area contributed by atoms with Crippen molar-refractivity contribution >= 4 is 0 Å². The molecule has 0 radical (unpaired) electrons. The predicted octanol–water partition coefficient (Wildman–Crippen LogP) is 0.683. The monoisotopic (exact) mass is 237 g/mol. The fourth-order valence-corrected chi connectivity index (χ4v) is 2.80. The quantitative estimate of drug-likeness (QED) is 0.836. The van der Waals surface area contributed by atoms with Crippen LogP contribution in [-0.4, -0.2) is 39.3 Å². The van der Waals surface area contributed by atoms with Gasteiger partial charge in [0.25, 0.3) is 0 Å². The Morgan fingerprint density at radius 2 is 2.18 bits per heavy atom. The zero-order valence-electron chi connectivity index (χ0n) is 11.1. The van der Waals surface area contributed by atoms with E-state index in [1.807, 2.05) is 14.0 Å². The van der Waals surface area contributed by atoms with Crippen molar-refractivity contribution in [3.63, 3.8) is 0 Å². The Morgan fingerprint density at radius 3 is 2.76 bits per heavy atom. The maximum atomic E-state index is 5.83. The molecule has 1 fully saturated rings. The van der Waals surface area contributed by atoms with Crippen molar-refractivity contribution in [3.8, 4) is 0 Å². The highest BCUT2D eigenvalue weighted by molar-refractivity contribution is 4.94. The third-order valence-corrected chi connectivity index (χ3v) is 4.06. The van der Waals surface area contributed by atoms with Crippen LogP contribution in [0.5, 0.6) is 0 Å². The van der Waals surface area contributed by atoms with Gasteiger partial charge < -0.3 is 10.3 Å². The molecule has 1 aliphatic carbocycles. The molecule has 96 valence electrons. The largest absolute Gasteiger partial charge is 0.330 e. The summed E-state index contributed by atoms with van der Waals surface area (Å²) in [6.07, 6.45) is 3.83. The van der Waals surface area contributed by atoms with Gasteiger partial charge in [-0.15, -0.1) is 10.2 Å². The van der Waals surface area contributed by atoms with E-state index >= 15 is 0 Å². The molecule has 1 heterocycles. The summed E-state index contributed by atoms with van der Waals surface area (Å²) in [4.78, 5) is 2.38. The molecule has 2 atom stereocenters. The summed E-state index contributed by atoms with van der Waals surface area (Å²) in [5.41, 5.74) is 5.83. The van der Waals surface area contributed by atoms with Gasteiger partial charge >= 0.3 is 0 Å². The SMILES string of the molecule is Cc1nnc(CN(C)C2CCCC2CN)n1C. The second-order valence-electron chi connectivity index (χ2n) is 5.13. The molecule has 0 bridgehead atoms. The van der Waals surface area contributed by atoms with Crippen molar-refractivity contribution in [1.29, 1.82) is 0 Å². The molecule has 0 saturated heterocycles. The molecule has 2 rings (SSSR count). The second-order valence-corrected chi connectivity index (χ2v) is 5.13. The molecule has 1 aromatic rings. The molecule has 0 aromatic carbocycles. The van der Waals surface area contributed by atoms with Gasteiger partial charge in [0, 0.05) is 13.1 Å². The number of nitrogens with zero attached hydrogens (tertiary/aromatic N) is 4. The van der Waals surface area contributed by atoms with Gasteiger partial charge in [-0.25, -0.2) is 0 Å². The van der Waals surface area contributed by atoms with Gasteiger partial charge in [0.15, 0.2) is 0 Å². The molecule has 0 aliphatic heterocycles. The van der Waals surface area contributed by atoms with Crippen LogP contribution in [0.1, 0.15) is 30.9 Å². The number of nitrogens with two attached hydrogens (primary N) is 1. The molecule has 17 heavy (non-hydrogen) atoms. The zero-order chi connectivity index (χ0) is 12.4. The first-order valence-corrected chi connectivity index (χ1v) is 6.38. The number of aryl methyl sites for hydroxylation is 1. The van der Waals surface area contributed by atoms with Gasteiger partial charge in [-0.2, -0.15) is 0 Å². The van der Waals surface area contributed by atoms with E-state index in [4.69, 9.17) is 5.73 Å². The Labute approximate surface area is 103 Å². The zero-order valence-corrected chi connectivity index (χ0v) is 11.1. The summed E-state index contributed by atoms with van der Waals surface area (Å²) in [6.45, 7) is 3.64. The van der Waals surface area contributed by atoms with Crippen molar-refractivity contribution in [2.24, 2.45) is 18.7 Å². The van der Waals surface area contributed by atoms with Crippen LogP contribution in [0.4, 0.5) is 0 Å². The van der Waals surface area contributed by atoms with Crippen molar-refractivity contribution in [2.75, 3.05) is 13.6 Å². The van der Waals surface area contributed by atoms with Crippen molar-refractivity contribution in [1.82, 2.24) is 19.7 Å². The lowest BCUT2D eigenvalue weighted by Gasteiger charge is -2.28. The first-order valence-electron chi connectivity index (χ1n) is 6.38. The average Bonchev–Trinajstić information content (AvgIpc) is 2.90. The highest BCUT2D eigenvalue weighted by Gasteiger charge is 2.29. The number of hydrogen-bond donors (Lipinski definition) is 1. The minimum Gasteiger partial charge on any atom is -0.330 e. The molecule has 2 N–H and O–H groups in total. The Bertz CT molecular complexity index is 373. The number of aromatic nitrogens is 3. The van der Waals surface area contributed by atoms with Crippen LogP contribution in [-0.2, 0) is 13.6 Å². The third-order valence-electron chi connectivity index (χ3n) is 4.06. The van der Waals surface area contributed by atoms with Crippen LogP contribution in [0, 0.1) is 12.8 Å². The fourth-order valence-electron chi connectivity index (χ4n) is 2.80. The lowest BCUT2D eigenvalue weighted by atomic mass is 10.0. The lowest BCUT2D eigenvalue weighted by molar-refractivity contribution is 0.187. The molecule has 5 heteroatoms. The van der Waals surface area contributed by atoms with Crippen LogP contribution in [0.25, 0.3) is 0 Å². The van der Waals surface area contributed by atoms with E-state index in [2.05, 4.69) is 26.7 Å². The Hall–Kier alpha value is -0.940. The maximum Gasteiger partial charge on any atom is 0.146 e. The smallest absolute Gasteiger partial charge is 0.146 e. The van der Waals surface area contributed by atoms with E-state index in [1.54, 1.807) is 0 Å². The summed E-state index contributed by atoms with van der Waals surface area (Å²) < 4.78 is 2.06. The summed E-state index contributed by atoms with van der Waals surface area (Å²) in [5, 5.41) is 8.31. The van der Waals surface area contributed by atoms with E-state index in [0.29, 0.717) is 12.0 Å². The second kappa shape index (κ2) is 5.14. The van der Waals surface area contributed by atoms with Gasteiger partial charge in [-0.3, -0.25) is 4.90 Å². The first-order chi connectivity index (χ1) is 8.13. The van der Waals surface area contributed by atoms with Crippen LogP contribution in [0.15, 0.2) is 0 Å². The molecule has 0 spiro atoms. The Balaban J connectivity index is 2.01. The highest BCUT2D eigenvalue weighted by atomic mass is 15.3. The molecule has 1 aromatic heterocycles. The van der Waals surface area contributed by atoms with E-state index in [-0.39, 0.29) is 0 Å². The predicted molar refractivity (Wildman–Crippen MR) is 67.4 cm³/mol. The summed E-state index contributed by atoms with van der Waals surface area (Å²) >= 11 is 0. The number of hydrogen-bond acceptors (Lipinski definition) is 4. The molecule has 2 unspecified atom stereocenters. The molecular weight excluding hydrogens is 214 g/mol. The fraction of sp³-hybridized carbons (Fsp3) is 0.833. The normalized spacial score (nSPS) is 24.8. The minimum atomic E-state index is 0.608. The highest BCUT2D eigenvalue weighted by Crippen LogP contribution is 2.29. The molecular formula is C12H23N5. The average molecular weight is 237 g/mol. The lowest BCUT2D eigenvalue weighted by Crippen LogP contribution is -2.37. The van der Waals surface area contributed by atoms with Crippen molar-refractivity contribution < 1.29 is 0 Å². The summed E-state index contributed by atoms with van der Waals surface area (Å²) in [5.74, 6) is 2.65. The maximum absolute atomic E-state index is 5.83. The third kappa shape index (κ3) is 2.50. The van der Waals surface area contributed by atoms with Gasteiger partial charge in [0.05, 0.1) is 6.54 Å². The van der Waals surface area contributed by atoms with Crippen molar-refractivity contribution in [3.05, 3.63) is 11.6 Å². The van der Waals surface area contributed by atoms with E-state index in [1.165, 1.54) is 19.3 Å². The molecule has 5 nitrogen and oxygen atoms in total. The van der Waals surface area contributed by atoms with Gasteiger partial charge in [0.2, 0.25) is 0 Å². The Kier molecular flexibility index (Phi) is 3.79. The molecule has 0 amide bonds. The van der Waals surface area contributed by atoms with Crippen LogP contribution in [0.2, 0.25) is 0 Å². The van der Waals surface area contributed by atoms with Crippen LogP contribution in [0.3, 0.4) is 0 Å². The molecule has 1 saturated carbocycles. The van der Waals surface area contributed by atoms with Gasteiger partial charge in [-0.1, -0.05) is 6.42 Å². The first kappa shape index (κ1) is 12.5. The van der Waals surface area contributed by atoms with Crippen LogP contribution >= 0.6 is 0 Å². The van der Waals surface area contributed by atoms with Gasteiger partial charge in [-0.05, 0) is 39.3 Å². The van der Waals surface area contributed by atoms with Crippen LogP contribution < -0.4 is 5.73 Å². The van der Waals surface area contributed by atoms with E-state index in [0.717, 1.165) is 24.7 Å². The van der Waals surface area contributed by atoms with E-state index in [9.17, 15) is 0 Å². The summed E-state index contributed by atoms with van der Waals surface area (Å²) in [6, 6.07) is 0.608. The summed E-state index contributed by atoms with van der Waals surface area (Å²) in [7, 11) is 4.19. The topological polar surface area (TPSA) is 60.0 Å². The minimum absolute atomic E-state index is 0.608. The van der Waals surface area contributed by atoms with Crippen molar-refractivity contribution in [2.45, 2.75) is 38.8 Å².